The summed E-state index contributed by atoms with van der Waals surface area (Å²) >= 11 is 0. The van der Waals surface area contributed by atoms with Gasteiger partial charge in [0.05, 0.1) is 18.8 Å². The number of rotatable bonds is 4. The van der Waals surface area contributed by atoms with Gasteiger partial charge in [-0.2, -0.15) is 10.1 Å². The molecular formula is C15H20N6O4S. The fraction of sp³-hybridized carbons (Fsp3) is 0.467. The van der Waals surface area contributed by atoms with Crippen LogP contribution in [0.1, 0.15) is 11.4 Å². The second-order valence-corrected chi connectivity index (χ2v) is 8.10. The summed E-state index contributed by atoms with van der Waals surface area (Å²) in [6, 6.07) is 3.50. The van der Waals surface area contributed by atoms with Crippen molar-refractivity contribution in [3.8, 4) is 5.82 Å². The average Bonchev–Trinajstić information content (AvgIpc) is 2.92. The molecular weight excluding hydrogens is 360 g/mol. The van der Waals surface area contributed by atoms with Crippen LogP contribution in [0.3, 0.4) is 0 Å². The Kier molecular flexibility index (Phi) is 4.67. The first-order valence-electron chi connectivity index (χ1n) is 7.94. The second kappa shape index (κ2) is 6.65. The van der Waals surface area contributed by atoms with Crippen molar-refractivity contribution in [2.45, 2.75) is 25.1 Å². The van der Waals surface area contributed by atoms with Gasteiger partial charge >= 0.3 is 0 Å². The fourth-order valence-corrected chi connectivity index (χ4v) is 3.25. The SMILES string of the molecule is Cc1cc(C)n(-c2cc(N3CCOC(C(N)=O)C3)nc(S(C)(=O)=O)n2)n1. The van der Waals surface area contributed by atoms with Gasteiger partial charge in [0.25, 0.3) is 5.16 Å². The minimum absolute atomic E-state index is 0.187. The number of nitrogens with two attached hydrogens (primary N) is 1. The lowest BCUT2D eigenvalue weighted by molar-refractivity contribution is -0.130. The zero-order valence-electron chi connectivity index (χ0n) is 14.7. The van der Waals surface area contributed by atoms with E-state index in [0.717, 1.165) is 17.6 Å². The molecule has 10 nitrogen and oxygen atoms in total. The first kappa shape index (κ1) is 18.3. The Morgan fingerprint density at radius 3 is 2.54 bits per heavy atom. The lowest BCUT2D eigenvalue weighted by Crippen LogP contribution is -2.48. The van der Waals surface area contributed by atoms with E-state index in [1.165, 1.54) is 0 Å². The number of anilines is 1. The largest absolute Gasteiger partial charge is 0.367 e. The molecule has 0 saturated carbocycles. The van der Waals surface area contributed by atoms with E-state index in [0.29, 0.717) is 18.2 Å². The van der Waals surface area contributed by atoms with E-state index in [1.54, 1.807) is 15.6 Å². The first-order valence-corrected chi connectivity index (χ1v) is 9.83. The van der Waals surface area contributed by atoms with E-state index < -0.39 is 21.8 Å². The van der Waals surface area contributed by atoms with Crippen LogP contribution in [0.15, 0.2) is 17.3 Å². The van der Waals surface area contributed by atoms with E-state index in [4.69, 9.17) is 10.5 Å². The van der Waals surface area contributed by atoms with Crippen LogP contribution in [-0.2, 0) is 19.4 Å². The first-order chi connectivity index (χ1) is 12.1. The molecule has 1 unspecified atom stereocenters. The molecule has 140 valence electrons. The van der Waals surface area contributed by atoms with Gasteiger partial charge in [-0.05, 0) is 19.9 Å². The van der Waals surface area contributed by atoms with Gasteiger partial charge in [-0.25, -0.2) is 18.1 Å². The maximum Gasteiger partial charge on any atom is 0.250 e. The number of carbonyl (C=O) groups is 1. The molecule has 1 saturated heterocycles. The lowest BCUT2D eigenvalue weighted by Gasteiger charge is -2.32. The van der Waals surface area contributed by atoms with E-state index in [9.17, 15) is 13.2 Å². The molecule has 3 heterocycles. The topological polar surface area (TPSA) is 133 Å². The summed E-state index contributed by atoms with van der Waals surface area (Å²) in [5.74, 6) is 0.131. The monoisotopic (exact) mass is 380 g/mol. The number of carbonyl (C=O) groups excluding carboxylic acids is 1. The third-order valence-electron chi connectivity index (χ3n) is 3.94. The molecule has 1 atom stereocenters. The minimum atomic E-state index is -3.64. The molecule has 0 aromatic carbocycles. The summed E-state index contributed by atoms with van der Waals surface area (Å²) in [4.78, 5) is 21.5. The number of morpholine rings is 1. The van der Waals surface area contributed by atoms with E-state index in [2.05, 4.69) is 15.1 Å². The Morgan fingerprint density at radius 1 is 1.27 bits per heavy atom. The minimum Gasteiger partial charge on any atom is -0.367 e. The molecule has 1 aliphatic heterocycles. The molecule has 1 amide bonds. The molecule has 1 aliphatic rings. The average molecular weight is 380 g/mol. The van der Waals surface area contributed by atoms with Gasteiger partial charge < -0.3 is 15.4 Å². The molecule has 2 N–H and O–H groups in total. The van der Waals surface area contributed by atoms with Crippen LogP contribution in [0, 0.1) is 13.8 Å². The van der Waals surface area contributed by atoms with Crippen LogP contribution in [0.2, 0.25) is 0 Å². The van der Waals surface area contributed by atoms with Crippen molar-refractivity contribution in [2.24, 2.45) is 5.73 Å². The third kappa shape index (κ3) is 3.68. The van der Waals surface area contributed by atoms with Crippen LogP contribution in [0.5, 0.6) is 0 Å². The molecule has 11 heteroatoms. The van der Waals surface area contributed by atoms with Crippen molar-refractivity contribution < 1.29 is 17.9 Å². The van der Waals surface area contributed by atoms with Crippen LogP contribution >= 0.6 is 0 Å². The lowest BCUT2D eigenvalue weighted by atomic mass is 10.2. The van der Waals surface area contributed by atoms with E-state index in [-0.39, 0.29) is 18.3 Å². The Hall–Kier alpha value is -2.53. The maximum absolute atomic E-state index is 12.0. The Bertz CT molecular complexity index is 955. The summed E-state index contributed by atoms with van der Waals surface area (Å²) in [5, 5.41) is 4.04. The quantitative estimate of drug-likeness (QED) is 0.693. The number of sulfone groups is 1. The Labute approximate surface area is 150 Å². The number of aromatic nitrogens is 4. The highest BCUT2D eigenvalue weighted by Crippen LogP contribution is 2.21. The number of hydrogen-bond donors (Lipinski definition) is 1. The van der Waals surface area contributed by atoms with Crippen molar-refractivity contribution in [2.75, 3.05) is 30.9 Å². The van der Waals surface area contributed by atoms with Gasteiger partial charge in [-0.1, -0.05) is 0 Å². The number of nitrogens with zero attached hydrogens (tertiary/aromatic N) is 5. The second-order valence-electron chi connectivity index (χ2n) is 6.19. The molecule has 1 fully saturated rings. The van der Waals surface area contributed by atoms with Gasteiger partial charge in [0.15, 0.2) is 11.9 Å². The molecule has 26 heavy (non-hydrogen) atoms. The number of amides is 1. The summed E-state index contributed by atoms with van der Waals surface area (Å²) in [5.41, 5.74) is 6.91. The zero-order chi connectivity index (χ0) is 19.1. The van der Waals surface area contributed by atoms with Gasteiger partial charge in [0.2, 0.25) is 15.7 Å². The van der Waals surface area contributed by atoms with Crippen LogP contribution < -0.4 is 10.6 Å². The molecule has 0 bridgehead atoms. The van der Waals surface area contributed by atoms with Crippen molar-refractivity contribution in [1.29, 1.82) is 0 Å². The normalized spacial score (nSPS) is 18.1. The zero-order valence-corrected chi connectivity index (χ0v) is 15.5. The van der Waals surface area contributed by atoms with E-state index >= 15 is 0 Å². The Balaban J connectivity index is 2.09. The van der Waals surface area contributed by atoms with Crippen LogP contribution in [0.25, 0.3) is 5.82 Å². The predicted molar refractivity (Wildman–Crippen MR) is 92.9 cm³/mol. The van der Waals surface area contributed by atoms with Crippen LogP contribution in [0.4, 0.5) is 5.82 Å². The molecule has 0 aliphatic carbocycles. The van der Waals surface area contributed by atoms with Gasteiger partial charge in [0.1, 0.15) is 5.82 Å². The van der Waals surface area contributed by atoms with Crippen molar-refractivity contribution in [3.63, 3.8) is 0 Å². The Morgan fingerprint density at radius 2 is 1.96 bits per heavy atom. The third-order valence-corrected chi connectivity index (χ3v) is 4.79. The smallest absolute Gasteiger partial charge is 0.250 e. The molecule has 3 rings (SSSR count). The highest BCUT2D eigenvalue weighted by atomic mass is 32.2. The molecule has 2 aromatic heterocycles. The molecule has 2 aromatic rings. The molecule has 0 spiro atoms. The van der Waals surface area contributed by atoms with Gasteiger partial charge in [0, 0.05) is 24.6 Å². The van der Waals surface area contributed by atoms with Gasteiger partial charge in [-0.15, -0.1) is 0 Å². The van der Waals surface area contributed by atoms with Crippen molar-refractivity contribution >= 4 is 21.6 Å². The van der Waals surface area contributed by atoms with E-state index in [1.807, 2.05) is 19.9 Å². The van der Waals surface area contributed by atoms with Gasteiger partial charge in [-0.3, -0.25) is 4.79 Å². The number of ether oxygens (including phenoxy) is 1. The highest BCUT2D eigenvalue weighted by Gasteiger charge is 2.27. The summed E-state index contributed by atoms with van der Waals surface area (Å²) < 4.78 is 31.0. The fourth-order valence-electron chi connectivity index (χ4n) is 2.73. The van der Waals surface area contributed by atoms with Crippen molar-refractivity contribution in [3.05, 3.63) is 23.5 Å². The number of hydrogen-bond acceptors (Lipinski definition) is 8. The summed E-state index contributed by atoms with van der Waals surface area (Å²) in [7, 11) is -3.64. The number of aryl methyl sites for hydroxylation is 2. The maximum atomic E-state index is 12.0. The number of primary amides is 1. The summed E-state index contributed by atoms with van der Waals surface area (Å²) in [6.07, 6.45) is 0.264. The highest BCUT2D eigenvalue weighted by molar-refractivity contribution is 7.90. The summed E-state index contributed by atoms with van der Waals surface area (Å²) in [6.45, 7) is 4.59. The standard InChI is InChI=1S/C15H20N6O4S/c1-9-6-10(2)21(19-9)13-7-12(17-15(18-13)26(3,23)24)20-4-5-25-11(8-20)14(16)22/h6-7,11H,4-5,8H2,1-3H3,(H2,16,22). The van der Waals surface area contributed by atoms with Crippen molar-refractivity contribution in [1.82, 2.24) is 19.7 Å². The molecule has 0 radical (unpaired) electrons. The van der Waals surface area contributed by atoms with Crippen LogP contribution in [-0.4, -0.2) is 66.1 Å². The predicted octanol–water partition coefficient (Wildman–Crippen LogP) is -0.627.